The first-order chi connectivity index (χ1) is 23.7. The van der Waals surface area contributed by atoms with Crippen molar-refractivity contribution in [2.75, 3.05) is 6.61 Å². The molecule has 2 heterocycles. The molecule has 1 aliphatic heterocycles. The van der Waals surface area contributed by atoms with E-state index < -0.39 is 59.2 Å². The highest BCUT2D eigenvalue weighted by molar-refractivity contribution is 6.14. The van der Waals surface area contributed by atoms with E-state index in [2.05, 4.69) is 36.3 Å². The van der Waals surface area contributed by atoms with E-state index in [1.165, 1.54) is 0 Å². The molecule has 1 fully saturated rings. The molecule has 0 aliphatic carbocycles. The molecule has 1 aliphatic rings. The number of epoxide rings is 1. The molecule has 14 heteroatoms. The van der Waals surface area contributed by atoms with Gasteiger partial charge in [0.25, 0.3) is 5.91 Å². The zero-order valence-electron chi connectivity index (χ0n) is 29.7. The average molecular weight is 691 g/mol. The second kappa shape index (κ2) is 18.8. The van der Waals surface area contributed by atoms with Crippen molar-refractivity contribution < 1.29 is 28.7 Å². The molecular weight excluding hydrogens is 640 g/mol. The minimum atomic E-state index is -1.73. The zero-order valence-corrected chi connectivity index (χ0v) is 29.7. The van der Waals surface area contributed by atoms with Crippen molar-refractivity contribution in [1.82, 2.24) is 26.3 Å². The number of Topliss-reactive ketones (excluding diaryl/α,β-unsaturated/α-hetero) is 1. The molecule has 50 heavy (non-hydrogen) atoms. The Labute approximate surface area is 293 Å². The highest BCUT2D eigenvalue weighted by atomic mass is 16.6. The minimum Gasteiger partial charge on any atom is -0.352 e. The third-order valence-corrected chi connectivity index (χ3v) is 8.14. The molecule has 270 valence electrons. The average Bonchev–Trinajstić information content (AvgIpc) is 3.88. The van der Waals surface area contributed by atoms with E-state index in [0.717, 1.165) is 5.56 Å². The van der Waals surface area contributed by atoms with Gasteiger partial charge >= 0.3 is 0 Å². The summed E-state index contributed by atoms with van der Waals surface area (Å²) in [6, 6.07) is 10.1. The standard InChI is InChI=1S/C36H50N8O6/c1-22(2)16-27(31(45)36(21-50-36)35(49)39-20-26-14-10-11-15-38-26)40-32(46)28(17-23(3)4)41-33(47)29(18-24(5)6)42-34(48)30(43-44-37)19-25-12-8-7-9-13-25/h7-15,22-24,27-30H,16-21H2,1-6H3,(H,39,49)(H,40,46)(H,41,47)(H,42,48)/t27-,28-,29-,30-,36-/m0/s1. The molecule has 1 saturated heterocycles. The highest BCUT2D eigenvalue weighted by Crippen LogP contribution is 2.31. The van der Waals surface area contributed by atoms with Crippen LogP contribution in [0.1, 0.15) is 72.1 Å². The van der Waals surface area contributed by atoms with Crippen molar-refractivity contribution in [3.8, 4) is 0 Å². The van der Waals surface area contributed by atoms with E-state index >= 15 is 0 Å². The van der Waals surface area contributed by atoms with Crippen molar-refractivity contribution >= 4 is 29.4 Å². The summed E-state index contributed by atoms with van der Waals surface area (Å²) in [5, 5.41) is 14.7. The topological polar surface area (TPSA) is 208 Å². The zero-order chi connectivity index (χ0) is 36.8. The monoisotopic (exact) mass is 690 g/mol. The van der Waals surface area contributed by atoms with Crippen molar-refractivity contribution in [3.63, 3.8) is 0 Å². The molecule has 14 nitrogen and oxygen atoms in total. The quantitative estimate of drug-likeness (QED) is 0.0534. The number of hydrogen-bond donors (Lipinski definition) is 4. The summed E-state index contributed by atoms with van der Waals surface area (Å²) in [7, 11) is 0. The number of aromatic nitrogens is 1. The fourth-order valence-corrected chi connectivity index (χ4v) is 5.56. The second-order valence-electron chi connectivity index (χ2n) is 14.0. The lowest BCUT2D eigenvalue weighted by Crippen LogP contribution is -2.59. The summed E-state index contributed by atoms with van der Waals surface area (Å²) in [4.78, 5) is 74.9. The van der Waals surface area contributed by atoms with Gasteiger partial charge in [-0.25, -0.2) is 0 Å². The van der Waals surface area contributed by atoms with Gasteiger partial charge in [-0.15, -0.1) is 0 Å². The molecule has 5 atom stereocenters. The van der Waals surface area contributed by atoms with Crippen LogP contribution in [0.15, 0.2) is 59.8 Å². The molecule has 0 radical (unpaired) electrons. The number of hydrogen-bond acceptors (Lipinski definition) is 8. The fraction of sp³-hybridized carbons (Fsp3) is 0.556. The molecule has 0 saturated carbocycles. The Hall–Kier alpha value is -4.81. The third kappa shape index (κ3) is 12.0. The van der Waals surface area contributed by atoms with Crippen LogP contribution in [0.3, 0.4) is 0 Å². The van der Waals surface area contributed by atoms with Crippen LogP contribution in [0.5, 0.6) is 0 Å². The Kier molecular flexibility index (Phi) is 14.9. The van der Waals surface area contributed by atoms with Gasteiger partial charge in [0.2, 0.25) is 23.3 Å². The van der Waals surface area contributed by atoms with Gasteiger partial charge < -0.3 is 26.0 Å². The normalized spacial score (nSPS) is 17.5. The first kappa shape index (κ1) is 39.6. The first-order valence-electron chi connectivity index (χ1n) is 17.1. The second-order valence-corrected chi connectivity index (χ2v) is 14.0. The van der Waals surface area contributed by atoms with E-state index in [1.807, 2.05) is 71.9 Å². The lowest BCUT2D eigenvalue weighted by molar-refractivity contribution is -0.139. The molecule has 4 N–H and O–H groups in total. The Morgan fingerprint density at radius 1 is 0.800 bits per heavy atom. The summed E-state index contributed by atoms with van der Waals surface area (Å²) in [5.74, 6) is -3.05. The number of amides is 4. The van der Waals surface area contributed by atoms with Crippen molar-refractivity contribution in [2.45, 2.75) is 104 Å². The van der Waals surface area contributed by atoms with E-state index in [4.69, 9.17) is 10.3 Å². The molecule has 2 aromatic rings. The molecule has 3 rings (SSSR count). The number of ether oxygens (including phenoxy) is 1. The van der Waals surface area contributed by atoms with E-state index in [9.17, 15) is 24.0 Å². The smallest absolute Gasteiger partial charge is 0.262 e. The van der Waals surface area contributed by atoms with Crippen LogP contribution in [0.2, 0.25) is 0 Å². The largest absolute Gasteiger partial charge is 0.352 e. The Balaban J connectivity index is 1.75. The molecule has 4 amide bonds. The van der Waals surface area contributed by atoms with Crippen LogP contribution in [0.25, 0.3) is 10.4 Å². The van der Waals surface area contributed by atoms with Gasteiger partial charge in [0, 0.05) is 11.1 Å². The Morgan fingerprint density at radius 3 is 1.82 bits per heavy atom. The molecule has 0 spiro atoms. The summed E-state index contributed by atoms with van der Waals surface area (Å²) in [6.07, 6.45) is 2.47. The van der Waals surface area contributed by atoms with Gasteiger partial charge in [0.05, 0.1) is 24.9 Å². The van der Waals surface area contributed by atoms with Crippen molar-refractivity contribution in [3.05, 3.63) is 76.4 Å². The summed E-state index contributed by atoms with van der Waals surface area (Å²) in [6.45, 7) is 11.3. The number of azide groups is 1. The lowest BCUT2D eigenvalue weighted by atomic mass is 9.91. The van der Waals surface area contributed by atoms with E-state index in [1.54, 1.807) is 24.4 Å². The predicted octanol–water partition coefficient (Wildman–Crippen LogP) is 3.55. The summed E-state index contributed by atoms with van der Waals surface area (Å²) < 4.78 is 5.45. The fourth-order valence-electron chi connectivity index (χ4n) is 5.56. The number of ketones is 1. The number of nitrogens with zero attached hydrogens (tertiary/aromatic N) is 4. The third-order valence-electron chi connectivity index (χ3n) is 8.14. The summed E-state index contributed by atoms with van der Waals surface area (Å²) >= 11 is 0. The van der Waals surface area contributed by atoms with Crippen LogP contribution in [-0.2, 0) is 41.7 Å². The number of carbonyl (C=O) groups excluding carboxylic acids is 5. The van der Waals surface area contributed by atoms with Crippen molar-refractivity contribution in [1.29, 1.82) is 0 Å². The molecule has 0 bridgehead atoms. The minimum absolute atomic E-state index is 0.0120. The van der Waals surface area contributed by atoms with Crippen LogP contribution in [0, 0.1) is 17.8 Å². The maximum Gasteiger partial charge on any atom is 0.262 e. The van der Waals surface area contributed by atoms with Crippen LogP contribution < -0.4 is 21.3 Å². The van der Waals surface area contributed by atoms with Crippen LogP contribution >= 0.6 is 0 Å². The maximum absolute atomic E-state index is 13.8. The van der Waals surface area contributed by atoms with Crippen LogP contribution in [0.4, 0.5) is 0 Å². The van der Waals surface area contributed by atoms with Gasteiger partial charge in [0.1, 0.15) is 18.1 Å². The molecule has 0 unspecified atom stereocenters. The SMILES string of the molecule is CC(C)C[C@H](NC(=O)[C@H](Cc1ccccc1)N=[N+]=[N-])C(=O)N[C@@H](CC(C)C)C(=O)N[C@@H](CC(C)C)C(=O)[C@]1(C(=O)NCc2ccccn2)CO1. The van der Waals surface area contributed by atoms with Gasteiger partial charge in [-0.05, 0) is 66.7 Å². The number of pyridine rings is 1. The molecule has 1 aromatic heterocycles. The van der Waals surface area contributed by atoms with E-state index in [0.29, 0.717) is 5.69 Å². The molecular formula is C36H50N8O6. The highest BCUT2D eigenvalue weighted by Gasteiger charge is 2.60. The number of carbonyl (C=O) groups is 5. The van der Waals surface area contributed by atoms with Crippen molar-refractivity contribution in [2.24, 2.45) is 22.9 Å². The number of benzene rings is 1. The van der Waals surface area contributed by atoms with Gasteiger partial charge in [-0.2, -0.15) is 0 Å². The number of nitrogens with one attached hydrogen (secondary N) is 4. The maximum atomic E-state index is 13.8. The van der Waals surface area contributed by atoms with Gasteiger partial charge in [-0.1, -0.05) is 83.1 Å². The van der Waals surface area contributed by atoms with E-state index in [-0.39, 0.29) is 56.6 Å². The van der Waals surface area contributed by atoms with Gasteiger partial charge in [0.15, 0.2) is 5.78 Å². The Bertz CT molecular complexity index is 1510. The number of rotatable bonds is 20. The first-order valence-corrected chi connectivity index (χ1v) is 17.1. The predicted molar refractivity (Wildman–Crippen MR) is 187 cm³/mol. The lowest BCUT2D eigenvalue weighted by Gasteiger charge is -2.28. The molecule has 1 aromatic carbocycles. The Morgan fingerprint density at radius 2 is 1.32 bits per heavy atom. The summed E-state index contributed by atoms with van der Waals surface area (Å²) in [5.41, 5.74) is 8.81. The van der Waals surface area contributed by atoms with Gasteiger partial charge in [-0.3, -0.25) is 29.0 Å². The van der Waals surface area contributed by atoms with Crippen LogP contribution in [-0.4, -0.2) is 70.8 Å².